The predicted octanol–water partition coefficient (Wildman–Crippen LogP) is 7.11. The molecule has 0 radical (unpaired) electrons. The molecule has 5 fully saturated rings. The second-order valence-electron chi connectivity index (χ2n) is 22.5. The maximum Gasteiger partial charge on any atom is 0.264 e. The molecule has 1 saturated carbocycles. The molecule has 0 spiro atoms. The lowest BCUT2D eigenvalue weighted by Gasteiger charge is -2.42. The number of likely N-dealkylation sites (N-methyl/N-ethyl adjacent to an activating group) is 1. The van der Waals surface area contributed by atoms with Crippen LogP contribution < -0.4 is 35.6 Å². The Morgan fingerprint density at radius 3 is 2.22 bits per heavy atom. The van der Waals surface area contributed by atoms with Crippen molar-refractivity contribution in [3.63, 3.8) is 0 Å². The number of anilines is 2. The van der Waals surface area contributed by atoms with E-state index < -0.39 is 11.5 Å². The summed E-state index contributed by atoms with van der Waals surface area (Å²) >= 11 is 7.94. The summed E-state index contributed by atoms with van der Waals surface area (Å²) in [5, 5.41) is 12.5. The molecule has 1 aliphatic carbocycles. The highest BCUT2D eigenvalue weighted by atomic mass is 35.5. The molecule has 7 amide bonds. The number of halogens is 1. The quantitative estimate of drug-likeness (QED) is 0.0611. The molecular formula is C61H70ClN9O9S. The average molecular weight is 1140 g/mol. The zero-order valence-electron chi connectivity index (χ0n) is 45.7. The third kappa shape index (κ3) is 12.4. The number of nitrogens with zero attached hydrogens (tertiary/aromatic N) is 5. The lowest BCUT2D eigenvalue weighted by molar-refractivity contribution is -0.147. The molecule has 11 rings (SSSR count). The van der Waals surface area contributed by atoms with Crippen LogP contribution in [0.25, 0.3) is 20.8 Å². The summed E-state index contributed by atoms with van der Waals surface area (Å²) in [6, 6.07) is 26.6. The molecule has 2 atom stereocenters. The normalized spacial score (nSPS) is 22.5. The fourth-order valence-corrected chi connectivity index (χ4v) is 14.1. The number of carbonyl (C=O) groups excluding carboxylic acids is 7. The number of piperidine rings is 3. The third-order valence-electron chi connectivity index (χ3n) is 17.5. The van der Waals surface area contributed by atoms with Crippen LogP contribution in [0.1, 0.15) is 93.6 Å². The van der Waals surface area contributed by atoms with E-state index in [0.29, 0.717) is 77.2 Å². The number of hydrogen-bond acceptors (Lipinski definition) is 13. The van der Waals surface area contributed by atoms with E-state index in [1.54, 1.807) is 30.1 Å². The largest absolute Gasteiger partial charge is 0.492 e. The molecule has 18 nitrogen and oxygen atoms in total. The van der Waals surface area contributed by atoms with Crippen LogP contribution in [0.5, 0.6) is 11.5 Å². The highest BCUT2D eigenvalue weighted by Crippen LogP contribution is 2.42. The minimum Gasteiger partial charge on any atom is -0.492 e. The molecular weight excluding hydrogens is 1070 g/mol. The summed E-state index contributed by atoms with van der Waals surface area (Å²) in [6.07, 6.45) is 6.22. The van der Waals surface area contributed by atoms with E-state index in [0.717, 1.165) is 85.7 Å². The Hall–Kier alpha value is -7.09. The monoisotopic (exact) mass is 1140 g/mol. The Morgan fingerprint density at radius 2 is 1.49 bits per heavy atom. The first-order valence-corrected chi connectivity index (χ1v) is 29.9. The smallest absolute Gasteiger partial charge is 0.264 e. The molecule has 5 aromatic rings. The number of thiazole rings is 1. The highest BCUT2D eigenvalue weighted by Gasteiger charge is 2.46. The number of amides is 7. The van der Waals surface area contributed by atoms with Crippen molar-refractivity contribution in [2.75, 3.05) is 89.3 Å². The molecule has 4 saturated heterocycles. The van der Waals surface area contributed by atoms with Crippen LogP contribution in [0.4, 0.5) is 11.4 Å². The van der Waals surface area contributed by atoms with Gasteiger partial charge in [-0.1, -0.05) is 41.9 Å². The van der Waals surface area contributed by atoms with Crippen molar-refractivity contribution in [1.82, 2.24) is 35.6 Å². The Balaban J connectivity index is 0.601. The average Bonchev–Trinajstić information content (AvgIpc) is 4.09. The second-order valence-corrected chi connectivity index (χ2v) is 23.9. The van der Waals surface area contributed by atoms with Crippen LogP contribution in [0.15, 0.2) is 84.9 Å². The van der Waals surface area contributed by atoms with E-state index in [2.05, 4.69) is 43.2 Å². The summed E-state index contributed by atoms with van der Waals surface area (Å²) in [4.78, 5) is 105. The van der Waals surface area contributed by atoms with Gasteiger partial charge in [-0.05, 0) is 117 Å². The fourth-order valence-electron chi connectivity index (χ4n) is 12.8. The minimum absolute atomic E-state index is 0.0406. The SMILES string of the molecule is CNC(=O)C1(Oc2ccccc2-c2nc3cccc(Cl)c3s2)CCN(C(=O)[C@H]2CC(=O)Nc3ccc(OCCNC(=O)C4CCC(C(=O)N5CCN(CC6CCN(c7ccc(C8CCC(=O)NC8=O)cc7)CC6)CC5)CC4)cc32)CC1. The van der Waals surface area contributed by atoms with E-state index in [4.69, 9.17) is 26.1 Å². The molecule has 1 aromatic heterocycles. The highest BCUT2D eigenvalue weighted by molar-refractivity contribution is 7.22. The first kappa shape index (κ1) is 55.8. The molecule has 20 heteroatoms. The number of fused-ring (bicyclic) bond motifs is 2. The van der Waals surface area contributed by atoms with Gasteiger partial charge in [0.2, 0.25) is 35.4 Å². The molecule has 6 heterocycles. The number of hydrogen-bond donors (Lipinski definition) is 4. The van der Waals surface area contributed by atoms with Gasteiger partial charge in [0.05, 0.1) is 39.2 Å². The fraction of sp³-hybridized carbons (Fsp3) is 0.475. The number of carbonyl (C=O) groups is 7. The molecule has 4 aromatic carbocycles. The van der Waals surface area contributed by atoms with E-state index in [1.807, 2.05) is 59.5 Å². The lowest BCUT2D eigenvalue weighted by Crippen LogP contribution is -2.58. The van der Waals surface area contributed by atoms with Gasteiger partial charge in [-0.15, -0.1) is 11.3 Å². The van der Waals surface area contributed by atoms with E-state index in [9.17, 15) is 33.6 Å². The zero-order valence-corrected chi connectivity index (χ0v) is 47.3. The zero-order chi connectivity index (χ0) is 56.2. The molecule has 426 valence electrons. The Morgan fingerprint density at radius 1 is 0.765 bits per heavy atom. The van der Waals surface area contributed by atoms with Gasteiger partial charge in [0.25, 0.3) is 5.91 Å². The first-order chi connectivity index (χ1) is 39.3. The van der Waals surface area contributed by atoms with Crippen LogP contribution in [0.3, 0.4) is 0 Å². The van der Waals surface area contributed by atoms with Gasteiger partial charge < -0.3 is 40.1 Å². The number of ether oxygens (including phenoxy) is 2. The number of benzene rings is 4. The van der Waals surface area contributed by atoms with Crippen LogP contribution >= 0.6 is 22.9 Å². The Kier molecular flexibility index (Phi) is 16.9. The standard InChI is InChI=1S/C61H70ClN9O9S/c1-63-60(78)61(80-51-8-3-2-5-45(51)57-66-50-7-4-6-48(62)54(50)81-57)23-28-70(29-24-61)59(77)47-36-53(73)65-49-19-17-43(35-46(47)49)79-34-25-64-55(74)40-9-11-41(12-10-40)58(76)71-32-30-68(31-33-71)37-38-21-26-69(27-22-38)42-15-13-39(14-16-42)44-18-20-52(72)67-56(44)75/h2-8,13-17,19,35,38,40-41,44,47H,9-12,18,20-34,36-37H2,1H3,(H,63,78)(H,64,74)(H,65,73)(H,67,72,75)/t40?,41?,44?,47-/m0/s1. The number of piperazine rings is 1. The van der Waals surface area contributed by atoms with Crippen molar-refractivity contribution in [3.05, 3.63) is 101 Å². The van der Waals surface area contributed by atoms with Crippen LogP contribution in [0, 0.1) is 17.8 Å². The van der Waals surface area contributed by atoms with Crippen LogP contribution in [-0.2, 0) is 33.6 Å². The number of likely N-dealkylation sites (tertiary alicyclic amines) is 1. The van der Waals surface area contributed by atoms with E-state index in [-0.39, 0.29) is 105 Å². The maximum absolute atomic E-state index is 14.4. The first-order valence-electron chi connectivity index (χ1n) is 28.7. The molecule has 81 heavy (non-hydrogen) atoms. The molecule has 1 unspecified atom stereocenters. The van der Waals surface area contributed by atoms with Crippen molar-refractivity contribution in [3.8, 4) is 22.1 Å². The molecule has 0 bridgehead atoms. The van der Waals surface area contributed by atoms with E-state index in [1.165, 1.54) is 11.3 Å². The van der Waals surface area contributed by atoms with Crippen molar-refractivity contribution in [2.24, 2.45) is 17.8 Å². The van der Waals surface area contributed by atoms with Crippen molar-refractivity contribution < 1.29 is 43.0 Å². The minimum atomic E-state index is -1.27. The summed E-state index contributed by atoms with van der Waals surface area (Å²) in [5.41, 5.74) is 3.52. The number of imide groups is 1. The maximum atomic E-state index is 14.4. The Labute approximate surface area is 480 Å². The summed E-state index contributed by atoms with van der Waals surface area (Å²) in [7, 11) is 1.57. The number of nitrogens with one attached hydrogen (secondary N) is 4. The van der Waals surface area contributed by atoms with Crippen molar-refractivity contribution in [1.29, 1.82) is 0 Å². The van der Waals surface area contributed by atoms with E-state index >= 15 is 0 Å². The van der Waals surface area contributed by atoms with Crippen LogP contribution in [0.2, 0.25) is 5.02 Å². The summed E-state index contributed by atoms with van der Waals surface area (Å²) < 4.78 is 13.7. The predicted molar refractivity (Wildman–Crippen MR) is 309 cm³/mol. The van der Waals surface area contributed by atoms with Gasteiger partial charge in [-0.2, -0.15) is 0 Å². The number of aromatic nitrogens is 1. The lowest BCUT2D eigenvalue weighted by atomic mass is 9.81. The molecule has 4 N–H and O–H groups in total. The topological polar surface area (TPSA) is 212 Å². The van der Waals surface area contributed by atoms with Crippen LogP contribution in [-0.4, -0.2) is 146 Å². The van der Waals surface area contributed by atoms with Gasteiger partial charge in [0, 0.05) is 115 Å². The second kappa shape index (κ2) is 24.6. The summed E-state index contributed by atoms with van der Waals surface area (Å²) in [5.74, 6) is -0.694. The van der Waals surface area contributed by atoms with Gasteiger partial charge in [0.1, 0.15) is 23.1 Å². The number of para-hydroxylation sites is 1. The molecule has 5 aliphatic heterocycles. The van der Waals surface area contributed by atoms with Gasteiger partial charge >= 0.3 is 0 Å². The Bertz CT molecular complexity index is 3180. The van der Waals surface area contributed by atoms with Gasteiger partial charge in [0.15, 0.2) is 5.60 Å². The van der Waals surface area contributed by atoms with Crippen molar-refractivity contribution >= 4 is 85.9 Å². The van der Waals surface area contributed by atoms with Gasteiger partial charge in [-0.3, -0.25) is 43.8 Å². The number of rotatable bonds is 15. The van der Waals surface area contributed by atoms with Crippen molar-refractivity contribution in [2.45, 2.75) is 88.1 Å². The van der Waals surface area contributed by atoms with Gasteiger partial charge in [-0.25, -0.2) is 4.98 Å². The third-order valence-corrected chi connectivity index (χ3v) is 19.1. The molecule has 6 aliphatic rings. The summed E-state index contributed by atoms with van der Waals surface area (Å²) in [6.45, 7) is 7.11.